The van der Waals surface area contributed by atoms with Crippen molar-refractivity contribution >= 4 is 5.95 Å². The van der Waals surface area contributed by atoms with Gasteiger partial charge in [0.25, 0.3) is 11.8 Å². The van der Waals surface area contributed by atoms with Gasteiger partial charge in [0.2, 0.25) is 5.95 Å². The van der Waals surface area contributed by atoms with Gasteiger partial charge in [0, 0.05) is 18.0 Å². The SMILES string of the molecule is C.CC(Nc1ncc(-c2nnc(C(F)F)o2)cn1)c1c(F)cccc1F. The van der Waals surface area contributed by atoms with E-state index in [-0.39, 0.29) is 30.4 Å². The highest BCUT2D eigenvalue weighted by Crippen LogP contribution is 2.25. The first-order chi connectivity index (χ1) is 12.0. The Hall–Kier alpha value is -3.04. The minimum absolute atomic E-state index is 0. The van der Waals surface area contributed by atoms with Gasteiger partial charge >= 0.3 is 6.43 Å². The average molecular weight is 369 g/mol. The minimum atomic E-state index is -2.88. The zero-order chi connectivity index (χ0) is 18.0. The molecule has 0 saturated carbocycles. The smallest absolute Gasteiger partial charge is 0.314 e. The van der Waals surface area contributed by atoms with Gasteiger partial charge in [-0.1, -0.05) is 13.5 Å². The van der Waals surface area contributed by atoms with Crippen LogP contribution >= 0.6 is 0 Å². The molecule has 3 rings (SSSR count). The molecule has 0 fully saturated rings. The third kappa shape index (κ3) is 3.95. The Morgan fingerprint density at radius 1 is 1.04 bits per heavy atom. The van der Waals surface area contributed by atoms with Gasteiger partial charge in [-0.2, -0.15) is 8.78 Å². The summed E-state index contributed by atoms with van der Waals surface area (Å²) >= 11 is 0. The molecule has 0 aliphatic heterocycles. The van der Waals surface area contributed by atoms with E-state index >= 15 is 0 Å². The standard InChI is InChI=1S/C15H11F4N5O.CH4/c1-7(11-9(16)3-2-4-10(11)17)22-15-20-5-8(6-21-15)13-23-24-14(25-13)12(18)19;/h2-7,12H,1H3,(H,20,21,22);1H4. The Morgan fingerprint density at radius 3 is 2.19 bits per heavy atom. The first-order valence-electron chi connectivity index (χ1n) is 7.10. The molecule has 1 atom stereocenters. The van der Waals surface area contributed by atoms with Crippen molar-refractivity contribution < 1.29 is 22.0 Å². The molecular formula is C16H15F4N5O. The van der Waals surface area contributed by atoms with Crippen LogP contribution in [-0.2, 0) is 0 Å². The maximum absolute atomic E-state index is 13.7. The van der Waals surface area contributed by atoms with Gasteiger partial charge in [-0.15, -0.1) is 10.2 Å². The van der Waals surface area contributed by atoms with Crippen molar-refractivity contribution in [2.75, 3.05) is 5.32 Å². The normalized spacial score (nSPS) is 11.9. The lowest BCUT2D eigenvalue weighted by Gasteiger charge is -2.15. The van der Waals surface area contributed by atoms with Crippen LogP contribution in [0.2, 0.25) is 0 Å². The maximum atomic E-state index is 13.7. The Labute approximate surface area is 146 Å². The Kier molecular flexibility index (Phi) is 5.86. The quantitative estimate of drug-likeness (QED) is 0.665. The van der Waals surface area contributed by atoms with Gasteiger partial charge in [-0.05, 0) is 19.1 Å². The predicted octanol–water partition coefficient (Wildman–Crippen LogP) is 4.55. The van der Waals surface area contributed by atoms with Crippen LogP contribution in [0.25, 0.3) is 11.5 Å². The molecule has 0 saturated heterocycles. The molecule has 0 spiro atoms. The number of aromatic nitrogens is 4. The molecule has 0 aliphatic carbocycles. The third-order valence-electron chi connectivity index (χ3n) is 3.30. The Morgan fingerprint density at radius 2 is 1.65 bits per heavy atom. The fourth-order valence-corrected chi connectivity index (χ4v) is 2.14. The first-order valence-corrected chi connectivity index (χ1v) is 7.10. The lowest BCUT2D eigenvalue weighted by atomic mass is 10.1. The Bertz CT molecular complexity index is 849. The minimum Gasteiger partial charge on any atom is -0.415 e. The molecule has 1 aromatic carbocycles. The molecule has 2 aromatic heterocycles. The highest BCUT2D eigenvalue weighted by molar-refractivity contribution is 5.50. The summed E-state index contributed by atoms with van der Waals surface area (Å²) in [5.41, 5.74) is 0.0864. The first kappa shape index (κ1) is 19.3. The van der Waals surface area contributed by atoms with E-state index in [4.69, 9.17) is 4.42 Å². The molecule has 0 amide bonds. The highest BCUT2D eigenvalue weighted by Gasteiger charge is 2.19. The van der Waals surface area contributed by atoms with E-state index in [0.717, 1.165) is 12.1 Å². The molecule has 6 nitrogen and oxygen atoms in total. The third-order valence-corrected chi connectivity index (χ3v) is 3.30. The van der Waals surface area contributed by atoms with Crippen LogP contribution in [0.4, 0.5) is 23.5 Å². The number of hydrogen-bond acceptors (Lipinski definition) is 6. The molecule has 2 heterocycles. The lowest BCUT2D eigenvalue weighted by Crippen LogP contribution is -2.12. The zero-order valence-electron chi connectivity index (χ0n) is 12.8. The number of rotatable bonds is 5. The van der Waals surface area contributed by atoms with Crippen molar-refractivity contribution in [1.82, 2.24) is 20.2 Å². The van der Waals surface area contributed by atoms with Gasteiger partial charge in [-0.25, -0.2) is 18.7 Å². The van der Waals surface area contributed by atoms with Crippen LogP contribution in [0.3, 0.4) is 0 Å². The number of halogens is 4. The van der Waals surface area contributed by atoms with E-state index in [0.29, 0.717) is 0 Å². The summed E-state index contributed by atoms with van der Waals surface area (Å²) in [5, 5.41) is 9.43. The largest absolute Gasteiger partial charge is 0.415 e. The highest BCUT2D eigenvalue weighted by atomic mass is 19.3. The predicted molar refractivity (Wildman–Crippen MR) is 85.4 cm³/mol. The van der Waals surface area contributed by atoms with E-state index < -0.39 is 30.0 Å². The molecule has 1 unspecified atom stereocenters. The lowest BCUT2D eigenvalue weighted by molar-refractivity contribution is 0.116. The number of benzene rings is 1. The number of alkyl halides is 2. The monoisotopic (exact) mass is 369 g/mol. The fourth-order valence-electron chi connectivity index (χ4n) is 2.14. The van der Waals surface area contributed by atoms with Crippen molar-refractivity contribution in [2.24, 2.45) is 0 Å². The summed E-state index contributed by atoms with van der Waals surface area (Å²) < 4.78 is 57.1. The summed E-state index contributed by atoms with van der Waals surface area (Å²) in [6.07, 6.45) is -0.343. The van der Waals surface area contributed by atoms with Crippen molar-refractivity contribution in [3.05, 3.63) is 53.7 Å². The van der Waals surface area contributed by atoms with E-state index in [9.17, 15) is 17.6 Å². The number of anilines is 1. The summed E-state index contributed by atoms with van der Waals surface area (Å²) in [6, 6.07) is 2.83. The molecule has 0 radical (unpaired) electrons. The molecule has 0 bridgehead atoms. The van der Waals surface area contributed by atoms with Gasteiger partial charge in [0.1, 0.15) is 11.6 Å². The second-order valence-corrected chi connectivity index (χ2v) is 5.04. The summed E-state index contributed by atoms with van der Waals surface area (Å²) in [7, 11) is 0. The van der Waals surface area contributed by atoms with Gasteiger partial charge in [0.15, 0.2) is 0 Å². The summed E-state index contributed by atoms with van der Waals surface area (Å²) in [5.74, 6) is -2.26. The average Bonchev–Trinajstić information content (AvgIpc) is 3.05. The van der Waals surface area contributed by atoms with Crippen LogP contribution < -0.4 is 5.32 Å². The van der Waals surface area contributed by atoms with Crippen LogP contribution in [0.15, 0.2) is 35.0 Å². The number of nitrogens with one attached hydrogen (secondary N) is 1. The van der Waals surface area contributed by atoms with E-state index in [1.54, 1.807) is 6.92 Å². The van der Waals surface area contributed by atoms with E-state index in [1.165, 1.54) is 18.5 Å². The Balaban J connectivity index is 0.00000243. The molecule has 26 heavy (non-hydrogen) atoms. The fraction of sp³-hybridized carbons (Fsp3) is 0.250. The van der Waals surface area contributed by atoms with E-state index in [2.05, 4.69) is 25.5 Å². The van der Waals surface area contributed by atoms with Gasteiger partial charge in [0.05, 0.1) is 11.6 Å². The second-order valence-electron chi connectivity index (χ2n) is 5.04. The van der Waals surface area contributed by atoms with Gasteiger partial charge in [-0.3, -0.25) is 0 Å². The van der Waals surface area contributed by atoms with Crippen LogP contribution in [0.1, 0.15) is 38.3 Å². The summed E-state index contributed by atoms with van der Waals surface area (Å²) in [4.78, 5) is 7.90. The van der Waals surface area contributed by atoms with Crippen LogP contribution in [0.5, 0.6) is 0 Å². The van der Waals surface area contributed by atoms with Crippen LogP contribution in [0, 0.1) is 11.6 Å². The summed E-state index contributed by atoms with van der Waals surface area (Å²) in [6.45, 7) is 1.55. The second kappa shape index (κ2) is 7.89. The number of nitrogens with zero attached hydrogens (tertiary/aromatic N) is 4. The topological polar surface area (TPSA) is 76.7 Å². The molecule has 138 valence electrons. The van der Waals surface area contributed by atoms with Crippen molar-refractivity contribution in [1.29, 1.82) is 0 Å². The molecule has 1 N–H and O–H groups in total. The van der Waals surface area contributed by atoms with Crippen molar-refractivity contribution in [3.8, 4) is 11.5 Å². The molecule has 0 aliphatic rings. The molecule has 3 aromatic rings. The zero-order valence-corrected chi connectivity index (χ0v) is 12.8. The van der Waals surface area contributed by atoms with Crippen molar-refractivity contribution in [2.45, 2.75) is 26.8 Å². The maximum Gasteiger partial charge on any atom is 0.314 e. The number of hydrogen-bond donors (Lipinski definition) is 1. The van der Waals surface area contributed by atoms with Crippen molar-refractivity contribution in [3.63, 3.8) is 0 Å². The van der Waals surface area contributed by atoms with Gasteiger partial charge < -0.3 is 9.73 Å². The molecular weight excluding hydrogens is 354 g/mol. The van der Waals surface area contributed by atoms with E-state index in [1.807, 2.05) is 0 Å². The molecule has 10 heteroatoms. The van der Waals surface area contributed by atoms with Crippen LogP contribution in [-0.4, -0.2) is 20.2 Å².